The fourth-order valence-corrected chi connectivity index (χ4v) is 3.59. The number of fused-ring (bicyclic) bond motifs is 1. The number of carbonyl (C=O) groups is 1. The minimum absolute atomic E-state index is 0.00416. The first-order chi connectivity index (χ1) is 15.9. The summed E-state index contributed by atoms with van der Waals surface area (Å²) in [6, 6.07) is 13.4. The Morgan fingerprint density at radius 3 is 2.61 bits per heavy atom. The van der Waals surface area contributed by atoms with Crippen molar-refractivity contribution in [3.8, 4) is 28.6 Å². The first-order valence-electron chi connectivity index (χ1n) is 11.1. The summed E-state index contributed by atoms with van der Waals surface area (Å²) in [5.41, 5.74) is 1.69. The van der Waals surface area contributed by atoms with E-state index in [1.807, 2.05) is 42.5 Å². The van der Waals surface area contributed by atoms with Crippen LogP contribution in [0.1, 0.15) is 38.1 Å². The number of carbonyl (C=O) groups excluding carboxylic acids is 1. The first kappa shape index (κ1) is 22.6. The average Bonchev–Trinajstić information content (AvgIpc) is 3.31. The highest BCUT2D eigenvalue weighted by Gasteiger charge is 2.24. The molecular formula is C25H29N3O5. The van der Waals surface area contributed by atoms with Crippen LogP contribution in [0.5, 0.6) is 17.2 Å². The molecule has 0 unspecified atom stereocenters. The van der Waals surface area contributed by atoms with Crippen molar-refractivity contribution in [3.05, 3.63) is 53.9 Å². The van der Waals surface area contributed by atoms with E-state index in [-0.39, 0.29) is 11.3 Å². The highest BCUT2D eigenvalue weighted by molar-refractivity contribution is 5.76. The molecule has 0 radical (unpaired) electrons. The normalized spacial score (nSPS) is 12.9. The molecule has 1 aromatic heterocycles. The lowest BCUT2D eigenvalue weighted by molar-refractivity contribution is -0.121. The predicted octanol–water partition coefficient (Wildman–Crippen LogP) is 3.93. The summed E-state index contributed by atoms with van der Waals surface area (Å²) in [5, 5.41) is 7.07. The van der Waals surface area contributed by atoms with E-state index in [4.69, 9.17) is 18.7 Å². The summed E-state index contributed by atoms with van der Waals surface area (Å²) in [6.45, 7) is 5.83. The van der Waals surface area contributed by atoms with Gasteiger partial charge in [-0.25, -0.2) is 0 Å². The molecular weight excluding hydrogens is 422 g/mol. The second kappa shape index (κ2) is 9.94. The van der Waals surface area contributed by atoms with Gasteiger partial charge in [0.2, 0.25) is 17.6 Å². The minimum Gasteiger partial charge on any atom is -0.497 e. The van der Waals surface area contributed by atoms with Crippen molar-refractivity contribution in [2.45, 2.75) is 38.5 Å². The third-order valence-electron chi connectivity index (χ3n) is 5.66. The standard InChI is InChI=1S/C25H29N3O5/c1-25(2,18-9-12-20-21(15-18)32-14-13-31-20)16-26-22(29)5-4-6-23-27-24(28-33-23)17-7-10-19(30-3)11-8-17/h7-12,15H,4-6,13-14,16H2,1-3H3,(H,26,29). The fraction of sp³-hybridized carbons (Fsp3) is 0.400. The second-order valence-electron chi connectivity index (χ2n) is 8.61. The number of aryl methyl sites for hydroxylation is 1. The van der Waals surface area contributed by atoms with Crippen LogP contribution in [0.15, 0.2) is 47.0 Å². The van der Waals surface area contributed by atoms with Gasteiger partial charge in [-0.2, -0.15) is 4.98 Å². The predicted molar refractivity (Wildman–Crippen MR) is 123 cm³/mol. The molecule has 4 rings (SSSR count). The van der Waals surface area contributed by atoms with Crippen LogP contribution in [-0.4, -0.2) is 42.9 Å². The Labute approximate surface area is 193 Å². The van der Waals surface area contributed by atoms with E-state index in [1.165, 1.54) is 0 Å². The lowest BCUT2D eigenvalue weighted by atomic mass is 9.84. The lowest BCUT2D eigenvalue weighted by Crippen LogP contribution is -2.36. The Balaban J connectivity index is 1.24. The van der Waals surface area contributed by atoms with Crippen LogP contribution in [-0.2, 0) is 16.6 Å². The molecule has 1 amide bonds. The SMILES string of the molecule is COc1ccc(-c2noc(CCCC(=O)NCC(C)(C)c3ccc4c(c3)OCCO4)n2)cc1. The second-order valence-corrected chi connectivity index (χ2v) is 8.61. The van der Waals surface area contributed by atoms with Crippen molar-refractivity contribution in [2.24, 2.45) is 0 Å². The van der Waals surface area contributed by atoms with Crippen LogP contribution in [0.4, 0.5) is 0 Å². The molecule has 0 saturated heterocycles. The van der Waals surface area contributed by atoms with E-state index in [1.54, 1.807) is 7.11 Å². The van der Waals surface area contributed by atoms with Gasteiger partial charge in [-0.3, -0.25) is 4.79 Å². The van der Waals surface area contributed by atoms with Gasteiger partial charge in [0, 0.05) is 30.4 Å². The van der Waals surface area contributed by atoms with E-state index in [2.05, 4.69) is 29.3 Å². The molecule has 0 spiro atoms. The maximum atomic E-state index is 12.4. The van der Waals surface area contributed by atoms with E-state index in [9.17, 15) is 4.79 Å². The Morgan fingerprint density at radius 1 is 1.09 bits per heavy atom. The van der Waals surface area contributed by atoms with Crippen molar-refractivity contribution in [3.63, 3.8) is 0 Å². The minimum atomic E-state index is -0.245. The molecule has 8 nitrogen and oxygen atoms in total. The maximum absolute atomic E-state index is 12.4. The summed E-state index contributed by atoms with van der Waals surface area (Å²) < 4.78 is 21.8. The van der Waals surface area contributed by atoms with E-state index < -0.39 is 0 Å². The highest BCUT2D eigenvalue weighted by Crippen LogP contribution is 2.35. The Hall–Kier alpha value is -3.55. The van der Waals surface area contributed by atoms with Gasteiger partial charge in [-0.05, 0) is 48.4 Å². The third kappa shape index (κ3) is 5.63. The van der Waals surface area contributed by atoms with Crippen molar-refractivity contribution in [1.82, 2.24) is 15.5 Å². The van der Waals surface area contributed by atoms with Gasteiger partial charge >= 0.3 is 0 Å². The molecule has 0 atom stereocenters. The fourth-order valence-electron chi connectivity index (χ4n) is 3.59. The zero-order chi connectivity index (χ0) is 23.3. The molecule has 0 bridgehead atoms. The van der Waals surface area contributed by atoms with Crippen molar-refractivity contribution < 1.29 is 23.5 Å². The number of hydrogen-bond donors (Lipinski definition) is 1. The number of nitrogens with zero attached hydrogens (tertiary/aromatic N) is 2. The summed E-state index contributed by atoms with van der Waals surface area (Å²) in [6.07, 6.45) is 1.56. The largest absolute Gasteiger partial charge is 0.497 e. The molecule has 2 aromatic carbocycles. The van der Waals surface area contributed by atoms with Gasteiger partial charge < -0.3 is 24.1 Å². The molecule has 3 aromatic rings. The van der Waals surface area contributed by atoms with Gasteiger partial charge in [0.05, 0.1) is 7.11 Å². The molecule has 1 N–H and O–H groups in total. The zero-order valence-electron chi connectivity index (χ0n) is 19.2. The van der Waals surface area contributed by atoms with Crippen LogP contribution in [0, 0.1) is 0 Å². The van der Waals surface area contributed by atoms with Crippen LogP contribution >= 0.6 is 0 Å². The maximum Gasteiger partial charge on any atom is 0.226 e. The number of methoxy groups -OCH3 is 1. The zero-order valence-corrected chi connectivity index (χ0v) is 19.2. The summed E-state index contributed by atoms with van der Waals surface area (Å²) in [5.74, 6) is 3.33. The summed E-state index contributed by atoms with van der Waals surface area (Å²) >= 11 is 0. The molecule has 1 aliphatic heterocycles. The molecule has 0 saturated carbocycles. The van der Waals surface area contributed by atoms with Gasteiger partial charge in [-0.15, -0.1) is 0 Å². The molecule has 1 aliphatic rings. The molecule has 174 valence electrons. The van der Waals surface area contributed by atoms with Gasteiger partial charge in [0.1, 0.15) is 19.0 Å². The summed E-state index contributed by atoms with van der Waals surface area (Å²) in [4.78, 5) is 16.8. The molecule has 0 aliphatic carbocycles. The molecule has 0 fully saturated rings. The molecule has 2 heterocycles. The number of benzene rings is 2. The van der Waals surface area contributed by atoms with Crippen molar-refractivity contribution in [1.29, 1.82) is 0 Å². The van der Waals surface area contributed by atoms with E-state index >= 15 is 0 Å². The highest BCUT2D eigenvalue weighted by atomic mass is 16.6. The van der Waals surface area contributed by atoms with E-state index in [0.29, 0.717) is 50.7 Å². The third-order valence-corrected chi connectivity index (χ3v) is 5.66. The first-order valence-corrected chi connectivity index (χ1v) is 11.1. The molecule has 8 heteroatoms. The van der Waals surface area contributed by atoms with Crippen LogP contribution < -0.4 is 19.5 Å². The monoisotopic (exact) mass is 451 g/mol. The van der Waals surface area contributed by atoms with Gasteiger partial charge in [-0.1, -0.05) is 25.1 Å². The van der Waals surface area contributed by atoms with Crippen molar-refractivity contribution >= 4 is 5.91 Å². The quantitative estimate of drug-likeness (QED) is 0.527. The van der Waals surface area contributed by atoms with Gasteiger partial charge in [0.25, 0.3) is 0 Å². The number of hydrogen-bond acceptors (Lipinski definition) is 7. The topological polar surface area (TPSA) is 95.7 Å². The number of amides is 1. The van der Waals surface area contributed by atoms with Crippen LogP contribution in [0.25, 0.3) is 11.4 Å². The Kier molecular flexibility index (Phi) is 6.82. The number of ether oxygens (including phenoxy) is 3. The van der Waals surface area contributed by atoms with Crippen molar-refractivity contribution in [2.75, 3.05) is 26.9 Å². The number of aromatic nitrogens is 2. The van der Waals surface area contributed by atoms with Gasteiger partial charge in [0.15, 0.2) is 11.5 Å². The Bertz CT molecular complexity index is 1090. The number of rotatable bonds is 9. The van der Waals surface area contributed by atoms with Crippen LogP contribution in [0.3, 0.4) is 0 Å². The number of nitrogens with one attached hydrogen (secondary N) is 1. The Morgan fingerprint density at radius 2 is 1.85 bits per heavy atom. The average molecular weight is 452 g/mol. The summed E-state index contributed by atoms with van der Waals surface area (Å²) in [7, 11) is 1.62. The molecule has 33 heavy (non-hydrogen) atoms. The lowest BCUT2D eigenvalue weighted by Gasteiger charge is -2.27. The smallest absolute Gasteiger partial charge is 0.226 e. The van der Waals surface area contributed by atoms with E-state index in [0.717, 1.165) is 28.4 Å². The van der Waals surface area contributed by atoms with Crippen LogP contribution in [0.2, 0.25) is 0 Å².